The minimum absolute atomic E-state index is 0.0653. The molecule has 9 nitrogen and oxygen atoms in total. The van der Waals surface area contributed by atoms with Crippen molar-refractivity contribution in [1.82, 2.24) is 9.88 Å². The number of benzene rings is 3. The highest BCUT2D eigenvalue weighted by Gasteiger charge is 2.35. The summed E-state index contributed by atoms with van der Waals surface area (Å²) in [5, 5.41) is 10.2. The van der Waals surface area contributed by atoms with Crippen molar-refractivity contribution in [3.8, 4) is 11.5 Å². The van der Waals surface area contributed by atoms with Gasteiger partial charge in [-0.25, -0.2) is 0 Å². The zero-order chi connectivity index (χ0) is 31.8. The Morgan fingerprint density at radius 2 is 1.72 bits per heavy atom. The lowest BCUT2D eigenvalue weighted by Gasteiger charge is -2.44. The number of carbonyl (C=O) groups is 1. The van der Waals surface area contributed by atoms with Gasteiger partial charge in [-0.3, -0.25) is 9.59 Å². The quantitative estimate of drug-likeness (QED) is 0.240. The average molecular weight is 636 g/mol. The van der Waals surface area contributed by atoms with Gasteiger partial charge in [-0.15, -0.1) is 0 Å². The molecule has 0 spiro atoms. The number of aryl methyl sites for hydroxylation is 2. The highest BCUT2D eigenvalue weighted by molar-refractivity contribution is 7.80. The molecule has 1 amide bonds. The molecule has 236 valence electrons. The lowest BCUT2D eigenvalue weighted by atomic mass is 9.83. The number of carbonyl (C=O) groups excluding carboxylic acids is 1. The van der Waals surface area contributed by atoms with Crippen molar-refractivity contribution < 1.29 is 14.3 Å². The predicted molar refractivity (Wildman–Crippen MR) is 185 cm³/mol. The van der Waals surface area contributed by atoms with Crippen molar-refractivity contribution in [2.24, 2.45) is 5.92 Å². The summed E-state index contributed by atoms with van der Waals surface area (Å²) in [6.07, 6.45) is 0.751. The molecular weight excluding hydrogens is 598 g/mol. The van der Waals surface area contributed by atoms with Gasteiger partial charge in [0, 0.05) is 48.6 Å². The molecule has 7 rings (SSSR count). The molecule has 0 aliphatic carbocycles. The first-order valence-corrected chi connectivity index (χ1v) is 16.1. The zero-order valence-corrected chi connectivity index (χ0v) is 26.7. The van der Waals surface area contributed by atoms with E-state index >= 15 is 0 Å². The number of para-hydroxylation sites is 2. The second kappa shape index (κ2) is 12.5. The SMILES string of the molecule is Cc1cc(C)cc(NC(=S)Nc2cc(C(=O)NC[C@H]3COc4ccccc4O3)ccc2N2C[C@H]3C[C@@H](C2)c2cccc(=O)n2C3)c1. The predicted octanol–water partition coefficient (Wildman–Crippen LogP) is 5.47. The smallest absolute Gasteiger partial charge is 0.251 e. The molecule has 4 heterocycles. The minimum atomic E-state index is -0.298. The van der Waals surface area contributed by atoms with Gasteiger partial charge in [-0.1, -0.05) is 24.3 Å². The van der Waals surface area contributed by atoms with Crippen molar-refractivity contribution >= 4 is 40.3 Å². The lowest BCUT2D eigenvalue weighted by molar-refractivity contribution is 0.0789. The Morgan fingerprint density at radius 3 is 2.54 bits per heavy atom. The van der Waals surface area contributed by atoms with Gasteiger partial charge in [0.25, 0.3) is 11.5 Å². The van der Waals surface area contributed by atoms with Crippen LogP contribution in [0.15, 0.2) is 83.7 Å². The first-order chi connectivity index (χ1) is 22.3. The van der Waals surface area contributed by atoms with E-state index in [1.54, 1.807) is 6.07 Å². The summed E-state index contributed by atoms with van der Waals surface area (Å²) in [5.74, 6) is 1.74. The van der Waals surface area contributed by atoms with Crippen molar-refractivity contribution in [3.63, 3.8) is 0 Å². The maximum atomic E-state index is 13.4. The number of amides is 1. The number of anilines is 3. The van der Waals surface area contributed by atoms with Crippen LogP contribution in [0, 0.1) is 19.8 Å². The largest absolute Gasteiger partial charge is 0.486 e. The average Bonchev–Trinajstić information content (AvgIpc) is 3.03. The van der Waals surface area contributed by atoms with E-state index in [2.05, 4.69) is 46.8 Å². The number of rotatable bonds is 6. The van der Waals surface area contributed by atoms with Crippen LogP contribution in [0.3, 0.4) is 0 Å². The highest BCUT2D eigenvalue weighted by Crippen LogP contribution is 2.39. The van der Waals surface area contributed by atoms with Crippen LogP contribution in [0.4, 0.5) is 17.1 Å². The number of thiocarbonyl (C=S) groups is 1. The lowest BCUT2D eigenvalue weighted by Crippen LogP contribution is -2.47. The van der Waals surface area contributed by atoms with Gasteiger partial charge >= 0.3 is 0 Å². The molecule has 46 heavy (non-hydrogen) atoms. The van der Waals surface area contributed by atoms with Gasteiger partial charge in [0.2, 0.25) is 0 Å². The van der Waals surface area contributed by atoms with E-state index in [1.165, 1.54) is 0 Å². The van der Waals surface area contributed by atoms with Crippen LogP contribution in [0.1, 0.15) is 39.5 Å². The summed E-state index contributed by atoms with van der Waals surface area (Å²) >= 11 is 5.78. The third kappa shape index (κ3) is 6.30. The van der Waals surface area contributed by atoms with Crippen molar-refractivity contribution in [1.29, 1.82) is 0 Å². The second-order valence-corrected chi connectivity index (χ2v) is 12.9. The molecule has 3 aliphatic heterocycles. The van der Waals surface area contributed by atoms with Crippen LogP contribution < -0.4 is 35.9 Å². The van der Waals surface area contributed by atoms with Gasteiger partial charge < -0.3 is 34.9 Å². The highest BCUT2D eigenvalue weighted by atomic mass is 32.1. The molecule has 3 N–H and O–H groups in total. The fourth-order valence-corrected chi connectivity index (χ4v) is 7.18. The van der Waals surface area contributed by atoms with E-state index in [0.717, 1.165) is 53.4 Å². The molecule has 0 saturated carbocycles. The molecule has 1 saturated heterocycles. The Morgan fingerprint density at radius 1 is 0.913 bits per heavy atom. The number of nitrogens with zero attached hydrogens (tertiary/aromatic N) is 2. The molecule has 3 aromatic carbocycles. The summed E-state index contributed by atoms with van der Waals surface area (Å²) in [6, 6.07) is 25.0. The topological polar surface area (TPSA) is 96.9 Å². The normalized spacial score (nSPS) is 19.5. The number of nitrogens with one attached hydrogen (secondary N) is 3. The maximum absolute atomic E-state index is 13.4. The van der Waals surface area contributed by atoms with E-state index in [0.29, 0.717) is 47.8 Å². The number of pyridine rings is 1. The Bertz CT molecular complexity index is 1850. The molecule has 1 aromatic heterocycles. The standard InChI is InChI=1S/C36H37N5O4S/c1-22-12-23(2)14-27(13-22)38-36(46)39-29-16-25(35(43)37-17-28-21-44-32-7-3-4-8-33(32)45-28)10-11-31(29)40-18-24-15-26(20-40)30-6-5-9-34(42)41(30)19-24/h3-14,16,24,26,28H,15,17-21H2,1-2H3,(H,37,43)(H2,38,39,46)/t24-,26+,28+/m1/s1. The number of ether oxygens (including phenoxy) is 2. The van der Waals surface area contributed by atoms with E-state index in [4.69, 9.17) is 21.7 Å². The van der Waals surface area contributed by atoms with Gasteiger partial charge in [-0.05, 0) is 98.1 Å². The van der Waals surface area contributed by atoms with Gasteiger partial charge in [0.05, 0.1) is 17.9 Å². The summed E-state index contributed by atoms with van der Waals surface area (Å²) in [4.78, 5) is 28.4. The van der Waals surface area contributed by atoms with Gasteiger partial charge in [-0.2, -0.15) is 0 Å². The molecule has 3 atom stereocenters. The van der Waals surface area contributed by atoms with Crippen LogP contribution in [-0.2, 0) is 6.54 Å². The summed E-state index contributed by atoms with van der Waals surface area (Å²) in [7, 11) is 0. The van der Waals surface area contributed by atoms with Crippen molar-refractivity contribution in [2.75, 3.05) is 41.8 Å². The summed E-state index contributed by atoms with van der Waals surface area (Å²) in [6.45, 7) is 7.03. The number of hydrogen-bond acceptors (Lipinski definition) is 6. The molecule has 3 aliphatic rings. The van der Waals surface area contributed by atoms with Crippen LogP contribution in [0.2, 0.25) is 0 Å². The summed E-state index contributed by atoms with van der Waals surface area (Å²) < 4.78 is 13.8. The molecule has 0 unspecified atom stereocenters. The number of fused-ring (bicyclic) bond motifs is 5. The minimum Gasteiger partial charge on any atom is -0.486 e. The second-order valence-electron chi connectivity index (χ2n) is 12.5. The van der Waals surface area contributed by atoms with Crippen LogP contribution in [-0.4, -0.2) is 47.9 Å². The molecular formula is C36H37N5O4S. The Kier molecular flexibility index (Phi) is 8.12. The van der Waals surface area contributed by atoms with Crippen LogP contribution in [0.25, 0.3) is 0 Å². The Hall–Kier alpha value is -4.83. The molecule has 1 fully saturated rings. The van der Waals surface area contributed by atoms with Gasteiger partial charge in [0.1, 0.15) is 12.7 Å². The fraction of sp³-hybridized carbons (Fsp3) is 0.306. The fourth-order valence-electron chi connectivity index (χ4n) is 6.95. The third-order valence-corrected chi connectivity index (χ3v) is 9.07. The molecule has 0 radical (unpaired) electrons. The number of hydrogen-bond donors (Lipinski definition) is 3. The monoisotopic (exact) mass is 635 g/mol. The number of aromatic nitrogens is 1. The van der Waals surface area contributed by atoms with Crippen molar-refractivity contribution in [3.05, 3.63) is 112 Å². The van der Waals surface area contributed by atoms with E-state index < -0.39 is 0 Å². The van der Waals surface area contributed by atoms with Crippen molar-refractivity contribution in [2.45, 2.75) is 38.8 Å². The molecule has 2 bridgehead atoms. The summed E-state index contributed by atoms with van der Waals surface area (Å²) in [5.41, 5.74) is 6.54. The first-order valence-electron chi connectivity index (χ1n) is 15.7. The van der Waals surface area contributed by atoms with E-state index in [9.17, 15) is 9.59 Å². The van der Waals surface area contributed by atoms with Crippen LogP contribution in [0.5, 0.6) is 11.5 Å². The maximum Gasteiger partial charge on any atom is 0.251 e. The van der Waals surface area contributed by atoms with E-state index in [-0.39, 0.29) is 23.5 Å². The van der Waals surface area contributed by atoms with Crippen LogP contribution >= 0.6 is 12.2 Å². The van der Waals surface area contributed by atoms with E-state index in [1.807, 2.05) is 65.2 Å². The third-order valence-electron chi connectivity index (χ3n) is 8.86. The zero-order valence-electron chi connectivity index (χ0n) is 25.9. The number of piperidine rings is 1. The van der Waals surface area contributed by atoms with Gasteiger partial charge in [0.15, 0.2) is 16.6 Å². The Labute approximate surface area is 273 Å². The molecule has 10 heteroatoms. The first kappa shape index (κ1) is 29.9. The molecule has 4 aromatic rings. The Balaban J connectivity index is 1.12.